The van der Waals surface area contributed by atoms with Gasteiger partial charge in [-0.05, 0) is 53.9 Å². The fourth-order valence-electron chi connectivity index (χ4n) is 2.97. The molecular formula is C23H18F3NO3. The Morgan fingerprint density at radius 1 is 0.900 bits per heavy atom. The molecule has 0 aromatic heterocycles. The number of carbonyl (C=O) groups is 2. The lowest BCUT2D eigenvalue weighted by Crippen LogP contribution is -2.13. The third kappa shape index (κ3) is 4.68. The number of carbonyl (C=O) groups excluding carboxylic acids is 1. The minimum absolute atomic E-state index is 0.306. The van der Waals surface area contributed by atoms with Crippen LogP contribution >= 0.6 is 0 Å². The Morgan fingerprint density at radius 3 is 2.07 bits per heavy atom. The van der Waals surface area contributed by atoms with E-state index in [0.29, 0.717) is 27.9 Å². The molecule has 154 valence electrons. The molecule has 2 N–H and O–H groups in total. The molecule has 3 rings (SSSR count). The monoisotopic (exact) mass is 413 g/mol. The van der Waals surface area contributed by atoms with E-state index in [1.807, 2.05) is 0 Å². The number of carboxylic acid groups (broad SMARTS) is 1. The molecule has 0 heterocycles. The van der Waals surface area contributed by atoms with Crippen molar-refractivity contribution in [2.45, 2.75) is 19.0 Å². The topological polar surface area (TPSA) is 66.4 Å². The fourth-order valence-corrected chi connectivity index (χ4v) is 2.97. The summed E-state index contributed by atoms with van der Waals surface area (Å²) in [6, 6.07) is 17.7. The first-order chi connectivity index (χ1) is 14.2. The highest BCUT2D eigenvalue weighted by atomic mass is 19.4. The molecule has 0 spiro atoms. The molecule has 0 radical (unpaired) electrons. The predicted molar refractivity (Wildman–Crippen MR) is 107 cm³/mol. The summed E-state index contributed by atoms with van der Waals surface area (Å²) in [5.41, 5.74) is 1.61. The Bertz CT molecular complexity index is 1060. The van der Waals surface area contributed by atoms with Gasteiger partial charge in [-0.25, -0.2) is 0 Å². The summed E-state index contributed by atoms with van der Waals surface area (Å²) in [6.45, 7) is 1.57. The van der Waals surface area contributed by atoms with Crippen LogP contribution in [0.5, 0.6) is 0 Å². The summed E-state index contributed by atoms with van der Waals surface area (Å²) in [7, 11) is 0. The molecule has 0 fully saturated rings. The summed E-state index contributed by atoms with van der Waals surface area (Å²) < 4.78 is 38.4. The van der Waals surface area contributed by atoms with Gasteiger partial charge in [0, 0.05) is 11.3 Å². The molecule has 4 nitrogen and oxygen atoms in total. The molecule has 7 heteroatoms. The van der Waals surface area contributed by atoms with Crippen LogP contribution in [0, 0.1) is 0 Å². The molecule has 1 amide bonds. The van der Waals surface area contributed by atoms with Crippen LogP contribution in [0.4, 0.5) is 18.9 Å². The van der Waals surface area contributed by atoms with Gasteiger partial charge in [-0.15, -0.1) is 0 Å². The van der Waals surface area contributed by atoms with Crippen molar-refractivity contribution in [2.75, 3.05) is 5.32 Å². The van der Waals surface area contributed by atoms with Crippen LogP contribution in [-0.4, -0.2) is 17.0 Å². The summed E-state index contributed by atoms with van der Waals surface area (Å²) in [4.78, 5) is 23.8. The van der Waals surface area contributed by atoms with Crippen LogP contribution in [0.2, 0.25) is 0 Å². The van der Waals surface area contributed by atoms with Crippen LogP contribution in [0.25, 0.3) is 11.1 Å². The van der Waals surface area contributed by atoms with Crippen molar-refractivity contribution in [1.29, 1.82) is 0 Å². The maximum atomic E-state index is 12.8. The van der Waals surface area contributed by atoms with Crippen molar-refractivity contribution < 1.29 is 27.9 Å². The second kappa shape index (κ2) is 8.41. The van der Waals surface area contributed by atoms with Gasteiger partial charge < -0.3 is 10.4 Å². The average Bonchev–Trinajstić information content (AvgIpc) is 2.73. The molecule has 0 saturated carbocycles. The smallest absolute Gasteiger partial charge is 0.416 e. The minimum Gasteiger partial charge on any atom is -0.481 e. The Kier molecular flexibility index (Phi) is 5.91. The molecule has 3 aromatic carbocycles. The molecule has 0 bridgehead atoms. The van der Waals surface area contributed by atoms with Crippen LogP contribution in [0.1, 0.15) is 34.3 Å². The Labute approximate surface area is 171 Å². The molecule has 0 aliphatic rings. The zero-order valence-electron chi connectivity index (χ0n) is 15.9. The standard InChI is InChI=1S/C23H18F3NO3/c1-14(22(29)30)15-8-12-18(13-9-15)27-21(28)20-5-3-2-4-19(20)16-6-10-17(11-7-16)23(24,25)26/h2-14H,1H3,(H,27,28)(H,29,30). The zero-order chi connectivity index (χ0) is 21.9. The number of rotatable bonds is 5. The van der Waals surface area contributed by atoms with E-state index in [-0.39, 0.29) is 0 Å². The van der Waals surface area contributed by atoms with Gasteiger partial charge in [-0.2, -0.15) is 13.2 Å². The lowest BCUT2D eigenvalue weighted by molar-refractivity contribution is -0.138. The lowest BCUT2D eigenvalue weighted by Gasteiger charge is -2.13. The highest BCUT2D eigenvalue weighted by Gasteiger charge is 2.30. The van der Waals surface area contributed by atoms with Gasteiger partial charge in [-0.3, -0.25) is 9.59 Å². The number of aliphatic carboxylic acids is 1. The summed E-state index contributed by atoms with van der Waals surface area (Å²) >= 11 is 0. The second-order valence-corrected chi connectivity index (χ2v) is 6.76. The summed E-state index contributed by atoms with van der Waals surface area (Å²) in [6.07, 6.45) is -4.43. The predicted octanol–water partition coefficient (Wildman–Crippen LogP) is 5.81. The SMILES string of the molecule is CC(C(=O)O)c1ccc(NC(=O)c2ccccc2-c2ccc(C(F)(F)F)cc2)cc1. The molecule has 0 saturated heterocycles. The highest BCUT2D eigenvalue weighted by molar-refractivity contribution is 6.08. The third-order valence-electron chi connectivity index (χ3n) is 4.73. The highest BCUT2D eigenvalue weighted by Crippen LogP contribution is 2.32. The molecule has 1 unspecified atom stereocenters. The van der Waals surface area contributed by atoms with Crippen LogP contribution < -0.4 is 5.32 Å². The summed E-state index contributed by atoms with van der Waals surface area (Å²) in [5.74, 6) is -2.04. The maximum absolute atomic E-state index is 12.8. The fraction of sp³-hybridized carbons (Fsp3) is 0.130. The van der Waals surface area contributed by atoms with E-state index in [4.69, 9.17) is 5.11 Å². The number of hydrogen-bond donors (Lipinski definition) is 2. The number of halogens is 3. The van der Waals surface area contributed by atoms with E-state index in [2.05, 4.69) is 5.32 Å². The van der Waals surface area contributed by atoms with Crippen LogP contribution in [-0.2, 0) is 11.0 Å². The van der Waals surface area contributed by atoms with Crippen molar-refractivity contribution in [2.24, 2.45) is 0 Å². The molecular weight excluding hydrogens is 395 g/mol. The number of nitrogens with one attached hydrogen (secondary N) is 1. The number of amides is 1. The Hall–Kier alpha value is -3.61. The minimum atomic E-state index is -4.43. The van der Waals surface area contributed by atoms with Gasteiger partial charge in [-0.1, -0.05) is 42.5 Å². The number of anilines is 1. The van der Waals surface area contributed by atoms with Gasteiger partial charge in [0.05, 0.1) is 11.5 Å². The third-order valence-corrected chi connectivity index (χ3v) is 4.73. The molecule has 0 aliphatic heterocycles. The van der Waals surface area contributed by atoms with E-state index in [0.717, 1.165) is 12.1 Å². The number of benzene rings is 3. The summed E-state index contributed by atoms with van der Waals surface area (Å²) in [5, 5.41) is 11.8. The normalized spacial score (nSPS) is 12.3. The largest absolute Gasteiger partial charge is 0.481 e. The van der Waals surface area contributed by atoms with E-state index in [1.54, 1.807) is 55.5 Å². The first kappa shape index (κ1) is 21.1. The van der Waals surface area contributed by atoms with Gasteiger partial charge >= 0.3 is 12.1 Å². The molecule has 1 atom stereocenters. The first-order valence-electron chi connectivity index (χ1n) is 9.07. The zero-order valence-corrected chi connectivity index (χ0v) is 15.9. The van der Waals surface area contributed by atoms with Crippen molar-refractivity contribution in [3.63, 3.8) is 0 Å². The average molecular weight is 413 g/mol. The van der Waals surface area contributed by atoms with Crippen molar-refractivity contribution in [3.05, 3.63) is 89.5 Å². The van der Waals surface area contributed by atoms with E-state index < -0.39 is 29.5 Å². The molecule has 30 heavy (non-hydrogen) atoms. The number of hydrogen-bond acceptors (Lipinski definition) is 2. The lowest BCUT2D eigenvalue weighted by atomic mass is 9.98. The quantitative estimate of drug-likeness (QED) is 0.555. The van der Waals surface area contributed by atoms with E-state index >= 15 is 0 Å². The van der Waals surface area contributed by atoms with Gasteiger partial charge in [0.15, 0.2) is 0 Å². The van der Waals surface area contributed by atoms with Crippen LogP contribution in [0.3, 0.4) is 0 Å². The van der Waals surface area contributed by atoms with Crippen molar-refractivity contribution >= 4 is 17.6 Å². The second-order valence-electron chi connectivity index (χ2n) is 6.76. The van der Waals surface area contributed by atoms with E-state index in [1.165, 1.54) is 12.1 Å². The van der Waals surface area contributed by atoms with Gasteiger partial charge in [0.25, 0.3) is 5.91 Å². The van der Waals surface area contributed by atoms with E-state index in [9.17, 15) is 22.8 Å². The maximum Gasteiger partial charge on any atom is 0.416 e. The Morgan fingerprint density at radius 2 is 1.50 bits per heavy atom. The van der Waals surface area contributed by atoms with Gasteiger partial charge in [0.1, 0.15) is 0 Å². The molecule has 3 aromatic rings. The molecule has 0 aliphatic carbocycles. The number of carboxylic acids is 1. The Balaban J connectivity index is 1.83. The van der Waals surface area contributed by atoms with Crippen LogP contribution in [0.15, 0.2) is 72.8 Å². The first-order valence-corrected chi connectivity index (χ1v) is 9.07. The van der Waals surface area contributed by atoms with Gasteiger partial charge in [0.2, 0.25) is 0 Å². The number of alkyl halides is 3. The van der Waals surface area contributed by atoms with Crippen molar-refractivity contribution in [1.82, 2.24) is 0 Å². The van der Waals surface area contributed by atoms with Crippen molar-refractivity contribution in [3.8, 4) is 11.1 Å².